The molecule has 0 fully saturated rings. The van der Waals surface area contributed by atoms with Crippen LogP contribution in [0, 0.1) is 18.6 Å². The molecule has 0 bridgehead atoms. The van der Waals surface area contributed by atoms with Crippen LogP contribution in [-0.2, 0) is 6.42 Å². The molecule has 1 N–H and O–H groups in total. The summed E-state index contributed by atoms with van der Waals surface area (Å²) in [5.41, 5.74) is 2.68. The molecular weight excluding hydrogens is 280 g/mol. The van der Waals surface area contributed by atoms with Crippen molar-refractivity contribution in [2.75, 3.05) is 7.05 Å². The Kier molecular flexibility index (Phi) is 4.73. The number of benzene rings is 2. The zero-order valence-corrected chi connectivity index (χ0v) is 12.1. The minimum atomic E-state index is -0.830. The third kappa shape index (κ3) is 3.17. The van der Waals surface area contributed by atoms with E-state index in [9.17, 15) is 8.78 Å². The van der Waals surface area contributed by atoms with Crippen molar-refractivity contribution in [3.63, 3.8) is 0 Å². The second-order valence-corrected chi connectivity index (χ2v) is 5.15. The van der Waals surface area contributed by atoms with Gasteiger partial charge in [0, 0.05) is 11.1 Å². The summed E-state index contributed by atoms with van der Waals surface area (Å²) in [4.78, 5) is 0. The first-order valence-corrected chi connectivity index (χ1v) is 6.77. The minimum absolute atomic E-state index is 0.0488. The molecule has 0 amide bonds. The largest absolute Gasteiger partial charge is 0.313 e. The average Bonchev–Trinajstić information content (AvgIpc) is 2.43. The first-order chi connectivity index (χ1) is 9.52. The van der Waals surface area contributed by atoms with Gasteiger partial charge in [-0.2, -0.15) is 0 Å². The van der Waals surface area contributed by atoms with E-state index in [1.807, 2.05) is 32.2 Å². The molecular formula is C16H16ClF2N. The van der Waals surface area contributed by atoms with Crippen molar-refractivity contribution in [1.29, 1.82) is 0 Å². The van der Waals surface area contributed by atoms with Gasteiger partial charge in [-0.25, -0.2) is 8.78 Å². The zero-order chi connectivity index (χ0) is 14.7. The Bertz CT molecular complexity index is 613. The SMILES string of the molecule is CNC(Cc1ccc(F)c(F)c1)c1cccc(C)c1Cl. The van der Waals surface area contributed by atoms with Crippen molar-refractivity contribution in [2.45, 2.75) is 19.4 Å². The van der Waals surface area contributed by atoms with Gasteiger partial charge in [0.05, 0.1) is 0 Å². The van der Waals surface area contributed by atoms with Gasteiger partial charge < -0.3 is 5.32 Å². The fourth-order valence-corrected chi connectivity index (χ4v) is 2.47. The van der Waals surface area contributed by atoms with Gasteiger partial charge >= 0.3 is 0 Å². The number of hydrogen-bond acceptors (Lipinski definition) is 1. The molecule has 106 valence electrons. The van der Waals surface area contributed by atoms with Crippen molar-refractivity contribution in [1.82, 2.24) is 5.32 Å². The molecule has 0 aliphatic heterocycles. The van der Waals surface area contributed by atoms with E-state index in [2.05, 4.69) is 5.32 Å². The molecule has 0 saturated carbocycles. The van der Waals surface area contributed by atoms with E-state index >= 15 is 0 Å². The number of aryl methyl sites for hydroxylation is 1. The Labute approximate surface area is 122 Å². The minimum Gasteiger partial charge on any atom is -0.313 e. The van der Waals surface area contributed by atoms with Crippen LogP contribution in [0.3, 0.4) is 0 Å². The number of rotatable bonds is 4. The molecule has 0 aliphatic rings. The van der Waals surface area contributed by atoms with Crippen molar-refractivity contribution in [3.8, 4) is 0 Å². The number of hydrogen-bond donors (Lipinski definition) is 1. The summed E-state index contributed by atoms with van der Waals surface area (Å²) in [5, 5.41) is 3.87. The predicted molar refractivity (Wildman–Crippen MR) is 78.1 cm³/mol. The van der Waals surface area contributed by atoms with Gasteiger partial charge in [0.1, 0.15) is 0 Å². The fraction of sp³-hybridized carbons (Fsp3) is 0.250. The first-order valence-electron chi connectivity index (χ1n) is 6.39. The molecule has 1 atom stereocenters. The Morgan fingerprint density at radius 1 is 1.15 bits per heavy atom. The van der Waals surface area contributed by atoms with Crippen LogP contribution in [0.1, 0.15) is 22.7 Å². The van der Waals surface area contributed by atoms with Crippen molar-refractivity contribution < 1.29 is 8.78 Å². The second kappa shape index (κ2) is 6.33. The molecule has 2 rings (SSSR count). The van der Waals surface area contributed by atoms with Crippen LogP contribution in [-0.4, -0.2) is 7.05 Å². The standard InChI is InChI=1S/C16H16ClF2N/c1-10-4-3-5-12(16(10)17)15(20-2)9-11-6-7-13(18)14(19)8-11/h3-8,15,20H,9H2,1-2H3. The predicted octanol–water partition coefficient (Wildman–Crippen LogP) is 4.43. The molecule has 1 nitrogen and oxygen atoms in total. The molecule has 0 aromatic heterocycles. The highest BCUT2D eigenvalue weighted by Gasteiger charge is 2.15. The maximum atomic E-state index is 13.3. The summed E-state index contributed by atoms with van der Waals surface area (Å²) in [6, 6.07) is 9.73. The third-order valence-electron chi connectivity index (χ3n) is 3.37. The fourth-order valence-electron chi connectivity index (χ4n) is 2.21. The van der Waals surface area contributed by atoms with Gasteiger partial charge in [-0.3, -0.25) is 0 Å². The van der Waals surface area contributed by atoms with Gasteiger partial charge in [0.25, 0.3) is 0 Å². The van der Waals surface area contributed by atoms with Crippen molar-refractivity contribution in [2.24, 2.45) is 0 Å². The highest BCUT2D eigenvalue weighted by Crippen LogP contribution is 2.28. The summed E-state index contributed by atoms with van der Waals surface area (Å²) < 4.78 is 26.2. The van der Waals surface area contributed by atoms with Crippen LogP contribution in [0.4, 0.5) is 8.78 Å². The average molecular weight is 296 g/mol. The quantitative estimate of drug-likeness (QED) is 0.880. The molecule has 0 radical (unpaired) electrons. The number of likely N-dealkylation sites (N-methyl/N-ethyl adjacent to an activating group) is 1. The maximum absolute atomic E-state index is 13.3. The van der Waals surface area contributed by atoms with E-state index < -0.39 is 11.6 Å². The monoisotopic (exact) mass is 295 g/mol. The summed E-state index contributed by atoms with van der Waals surface area (Å²) >= 11 is 6.32. The lowest BCUT2D eigenvalue weighted by molar-refractivity contribution is 0.504. The van der Waals surface area contributed by atoms with E-state index in [0.717, 1.165) is 22.8 Å². The summed E-state index contributed by atoms with van der Waals surface area (Å²) in [7, 11) is 1.82. The highest BCUT2D eigenvalue weighted by molar-refractivity contribution is 6.32. The van der Waals surface area contributed by atoms with Crippen LogP contribution >= 0.6 is 11.6 Å². The highest BCUT2D eigenvalue weighted by atomic mass is 35.5. The lowest BCUT2D eigenvalue weighted by Gasteiger charge is -2.19. The van der Waals surface area contributed by atoms with E-state index in [4.69, 9.17) is 11.6 Å². The molecule has 0 saturated heterocycles. The molecule has 0 spiro atoms. The third-order valence-corrected chi connectivity index (χ3v) is 3.89. The van der Waals surface area contributed by atoms with Gasteiger partial charge in [0.15, 0.2) is 11.6 Å². The van der Waals surface area contributed by atoms with E-state index in [1.165, 1.54) is 6.07 Å². The Hall–Kier alpha value is -1.45. The Morgan fingerprint density at radius 2 is 1.90 bits per heavy atom. The van der Waals surface area contributed by atoms with Crippen LogP contribution in [0.2, 0.25) is 5.02 Å². The summed E-state index contributed by atoms with van der Waals surface area (Å²) in [5.74, 6) is -1.66. The van der Waals surface area contributed by atoms with Crippen LogP contribution in [0.25, 0.3) is 0 Å². The van der Waals surface area contributed by atoms with Crippen LogP contribution in [0.5, 0.6) is 0 Å². The van der Waals surface area contributed by atoms with Gasteiger partial charge in [-0.15, -0.1) is 0 Å². The van der Waals surface area contributed by atoms with Gasteiger partial charge in [0.2, 0.25) is 0 Å². The van der Waals surface area contributed by atoms with Crippen LogP contribution in [0.15, 0.2) is 36.4 Å². The second-order valence-electron chi connectivity index (χ2n) is 4.77. The van der Waals surface area contributed by atoms with E-state index in [0.29, 0.717) is 11.4 Å². The molecule has 2 aromatic carbocycles. The van der Waals surface area contributed by atoms with Crippen molar-refractivity contribution >= 4 is 11.6 Å². The lowest BCUT2D eigenvalue weighted by Crippen LogP contribution is -2.19. The molecule has 20 heavy (non-hydrogen) atoms. The topological polar surface area (TPSA) is 12.0 Å². The molecule has 2 aromatic rings. The van der Waals surface area contributed by atoms with E-state index in [-0.39, 0.29) is 6.04 Å². The zero-order valence-electron chi connectivity index (χ0n) is 11.4. The summed E-state index contributed by atoms with van der Waals surface area (Å²) in [6.07, 6.45) is 0.539. The number of halogens is 3. The molecule has 1 unspecified atom stereocenters. The van der Waals surface area contributed by atoms with Crippen molar-refractivity contribution in [3.05, 3.63) is 69.7 Å². The van der Waals surface area contributed by atoms with Gasteiger partial charge in [-0.1, -0.05) is 35.9 Å². The summed E-state index contributed by atoms with van der Waals surface area (Å²) in [6.45, 7) is 1.94. The van der Waals surface area contributed by atoms with Crippen LogP contribution < -0.4 is 5.32 Å². The normalized spacial score (nSPS) is 12.4. The molecule has 4 heteroatoms. The number of nitrogens with one attached hydrogen (secondary N) is 1. The smallest absolute Gasteiger partial charge is 0.159 e. The Balaban J connectivity index is 2.28. The first kappa shape index (κ1) is 14.9. The molecule has 0 heterocycles. The van der Waals surface area contributed by atoms with E-state index in [1.54, 1.807) is 6.07 Å². The molecule has 0 aliphatic carbocycles. The lowest BCUT2D eigenvalue weighted by atomic mass is 9.97. The maximum Gasteiger partial charge on any atom is 0.159 e. The van der Waals surface area contributed by atoms with Gasteiger partial charge in [-0.05, 0) is 49.2 Å². The Morgan fingerprint density at radius 3 is 2.55 bits per heavy atom.